The zero-order valence-corrected chi connectivity index (χ0v) is 9.68. The van der Waals surface area contributed by atoms with E-state index in [0.29, 0.717) is 6.42 Å². The molecule has 0 bridgehead atoms. The van der Waals surface area contributed by atoms with E-state index in [1.54, 1.807) is 24.2 Å². The number of anilines is 1. The Balaban J connectivity index is 2.75. The predicted molar refractivity (Wildman–Crippen MR) is 65.2 cm³/mol. The van der Waals surface area contributed by atoms with E-state index in [0.717, 1.165) is 11.4 Å². The Kier molecular flexibility index (Phi) is 4.19. The maximum atomic E-state index is 11.1. The molecule has 0 aliphatic rings. The highest BCUT2D eigenvalue weighted by molar-refractivity contribution is 5.90. The molecule has 2 N–H and O–H groups in total. The minimum atomic E-state index is -0.0797. The summed E-state index contributed by atoms with van der Waals surface area (Å²) in [5, 5.41) is 0. The van der Waals surface area contributed by atoms with Crippen molar-refractivity contribution in [2.45, 2.75) is 19.4 Å². The Morgan fingerprint density at radius 3 is 2.81 bits per heavy atom. The molecule has 1 atom stereocenters. The van der Waals surface area contributed by atoms with E-state index in [1.807, 2.05) is 12.1 Å². The summed E-state index contributed by atoms with van der Waals surface area (Å²) >= 11 is 0. The molecule has 16 heavy (non-hydrogen) atoms. The molecule has 4 heteroatoms. The quantitative estimate of drug-likeness (QED) is 0.772. The number of pyridine rings is 1. The molecule has 0 saturated heterocycles. The van der Waals surface area contributed by atoms with Crippen LogP contribution >= 0.6 is 0 Å². The summed E-state index contributed by atoms with van der Waals surface area (Å²) in [5.74, 6) is -0.0163. The van der Waals surface area contributed by atoms with Crippen LogP contribution in [0.25, 0.3) is 0 Å². The van der Waals surface area contributed by atoms with E-state index in [2.05, 4.69) is 11.6 Å². The van der Waals surface area contributed by atoms with Gasteiger partial charge in [0.25, 0.3) is 0 Å². The second-order valence-electron chi connectivity index (χ2n) is 3.69. The summed E-state index contributed by atoms with van der Waals surface area (Å²) in [6.07, 6.45) is 4.03. The zero-order chi connectivity index (χ0) is 12.1. The van der Waals surface area contributed by atoms with Crippen molar-refractivity contribution < 1.29 is 4.79 Å². The normalized spacial score (nSPS) is 11.9. The number of nitrogens with two attached hydrogens (primary N) is 1. The van der Waals surface area contributed by atoms with Gasteiger partial charge >= 0.3 is 0 Å². The first kappa shape index (κ1) is 12.4. The fraction of sp³-hybridized carbons (Fsp3) is 0.333. The third-order valence-electron chi connectivity index (χ3n) is 2.42. The summed E-state index contributed by atoms with van der Waals surface area (Å²) < 4.78 is 0. The molecule has 0 spiro atoms. The number of rotatable bonds is 4. The molecule has 1 heterocycles. The van der Waals surface area contributed by atoms with Crippen molar-refractivity contribution in [2.24, 2.45) is 5.73 Å². The molecular weight excluding hydrogens is 202 g/mol. The zero-order valence-electron chi connectivity index (χ0n) is 9.68. The van der Waals surface area contributed by atoms with Gasteiger partial charge in [-0.1, -0.05) is 6.08 Å². The van der Waals surface area contributed by atoms with Gasteiger partial charge in [0, 0.05) is 32.1 Å². The lowest BCUT2D eigenvalue weighted by Crippen LogP contribution is -2.23. The van der Waals surface area contributed by atoms with E-state index in [1.165, 1.54) is 6.92 Å². The number of amides is 1. The van der Waals surface area contributed by atoms with Gasteiger partial charge in [0.2, 0.25) is 5.91 Å². The summed E-state index contributed by atoms with van der Waals surface area (Å²) in [5.41, 5.74) is 7.41. The Bertz CT molecular complexity index is 372. The molecule has 0 aliphatic heterocycles. The molecule has 1 amide bonds. The van der Waals surface area contributed by atoms with Crippen molar-refractivity contribution in [1.82, 2.24) is 4.98 Å². The summed E-state index contributed by atoms with van der Waals surface area (Å²) in [7, 11) is 1.72. The van der Waals surface area contributed by atoms with Crippen molar-refractivity contribution >= 4 is 11.6 Å². The van der Waals surface area contributed by atoms with Crippen LogP contribution in [0.4, 0.5) is 5.69 Å². The SMILES string of the molecule is C=CC(N)Cc1ccc(N(C)C(C)=O)cn1. The highest BCUT2D eigenvalue weighted by Crippen LogP contribution is 2.12. The fourth-order valence-electron chi connectivity index (χ4n) is 1.24. The van der Waals surface area contributed by atoms with E-state index in [4.69, 9.17) is 5.73 Å². The van der Waals surface area contributed by atoms with Gasteiger partial charge in [-0.3, -0.25) is 9.78 Å². The van der Waals surface area contributed by atoms with Crippen LogP contribution in [-0.2, 0) is 11.2 Å². The number of carbonyl (C=O) groups is 1. The van der Waals surface area contributed by atoms with Gasteiger partial charge in [-0.15, -0.1) is 6.58 Å². The third-order valence-corrected chi connectivity index (χ3v) is 2.42. The van der Waals surface area contributed by atoms with Crippen LogP contribution in [0, 0.1) is 0 Å². The van der Waals surface area contributed by atoms with Crippen LogP contribution < -0.4 is 10.6 Å². The van der Waals surface area contributed by atoms with E-state index in [-0.39, 0.29) is 11.9 Å². The summed E-state index contributed by atoms with van der Waals surface area (Å²) in [6.45, 7) is 5.14. The van der Waals surface area contributed by atoms with E-state index < -0.39 is 0 Å². The number of nitrogens with zero attached hydrogens (tertiary/aromatic N) is 2. The first-order chi connectivity index (χ1) is 7.54. The number of hydrogen-bond acceptors (Lipinski definition) is 3. The number of carbonyl (C=O) groups excluding carboxylic acids is 1. The molecule has 1 rings (SSSR count). The van der Waals surface area contributed by atoms with Crippen molar-refractivity contribution in [2.75, 3.05) is 11.9 Å². The van der Waals surface area contributed by atoms with Crippen LogP contribution in [0.1, 0.15) is 12.6 Å². The van der Waals surface area contributed by atoms with Gasteiger partial charge in [0.15, 0.2) is 0 Å². The Morgan fingerprint density at radius 2 is 2.38 bits per heavy atom. The second-order valence-corrected chi connectivity index (χ2v) is 3.69. The first-order valence-corrected chi connectivity index (χ1v) is 5.12. The maximum absolute atomic E-state index is 11.1. The van der Waals surface area contributed by atoms with Gasteiger partial charge < -0.3 is 10.6 Å². The van der Waals surface area contributed by atoms with Crippen molar-refractivity contribution in [3.8, 4) is 0 Å². The molecule has 0 aliphatic carbocycles. The average Bonchev–Trinajstić information content (AvgIpc) is 2.28. The smallest absolute Gasteiger partial charge is 0.223 e. The van der Waals surface area contributed by atoms with Gasteiger partial charge in [0.1, 0.15) is 0 Å². The monoisotopic (exact) mass is 219 g/mol. The number of hydrogen-bond donors (Lipinski definition) is 1. The molecule has 0 fully saturated rings. The molecule has 4 nitrogen and oxygen atoms in total. The van der Waals surface area contributed by atoms with Crippen LogP contribution in [0.15, 0.2) is 31.0 Å². The summed E-state index contributed by atoms with van der Waals surface area (Å²) in [6, 6.07) is 3.65. The molecule has 0 aromatic carbocycles. The molecular formula is C12H17N3O. The van der Waals surface area contributed by atoms with E-state index in [9.17, 15) is 4.79 Å². The third kappa shape index (κ3) is 3.17. The van der Waals surface area contributed by atoms with Gasteiger partial charge in [-0.25, -0.2) is 0 Å². The summed E-state index contributed by atoms with van der Waals surface area (Å²) in [4.78, 5) is 16.9. The fourth-order valence-corrected chi connectivity index (χ4v) is 1.24. The highest BCUT2D eigenvalue weighted by Gasteiger charge is 2.06. The largest absolute Gasteiger partial charge is 0.324 e. The van der Waals surface area contributed by atoms with Gasteiger partial charge in [0.05, 0.1) is 11.9 Å². The molecule has 1 aromatic rings. The standard InChI is InChI=1S/C12H17N3O/c1-4-10(13)7-11-5-6-12(8-14-11)15(3)9(2)16/h4-6,8,10H,1,7,13H2,2-3H3. The Hall–Kier alpha value is -1.68. The lowest BCUT2D eigenvalue weighted by molar-refractivity contribution is -0.116. The predicted octanol–water partition coefficient (Wildman–Crippen LogP) is 1.12. The minimum absolute atomic E-state index is 0.0163. The van der Waals surface area contributed by atoms with Gasteiger partial charge in [-0.05, 0) is 12.1 Å². The topological polar surface area (TPSA) is 59.2 Å². The van der Waals surface area contributed by atoms with Crippen molar-refractivity contribution in [1.29, 1.82) is 0 Å². The molecule has 0 saturated carbocycles. The lowest BCUT2D eigenvalue weighted by Gasteiger charge is -2.14. The van der Waals surface area contributed by atoms with Crippen molar-refractivity contribution in [3.05, 3.63) is 36.7 Å². The maximum Gasteiger partial charge on any atom is 0.223 e. The minimum Gasteiger partial charge on any atom is -0.324 e. The van der Waals surface area contributed by atoms with Crippen LogP contribution in [0.5, 0.6) is 0 Å². The lowest BCUT2D eigenvalue weighted by atomic mass is 10.1. The number of aromatic nitrogens is 1. The van der Waals surface area contributed by atoms with Crippen LogP contribution in [0.2, 0.25) is 0 Å². The van der Waals surface area contributed by atoms with Crippen molar-refractivity contribution in [3.63, 3.8) is 0 Å². The molecule has 1 unspecified atom stereocenters. The Morgan fingerprint density at radius 1 is 1.69 bits per heavy atom. The molecule has 0 radical (unpaired) electrons. The van der Waals surface area contributed by atoms with Crippen LogP contribution in [-0.4, -0.2) is 24.0 Å². The highest BCUT2D eigenvalue weighted by atomic mass is 16.2. The Labute approximate surface area is 95.8 Å². The molecule has 86 valence electrons. The second kappa shape index (κ2) is 5.42. The van der Waals surface area contributed by atoms with E-state index >= 15 is 0 Å². The average molecular weight is 219 g/mol. The first-order valence-electron chi connectivity index (χ1n) is 5.12. The molecule has 1 aromatic heterocycles. The van der Waals surface area contributed by atoms with Gasteiger partial charge in [-0.2, -0.15) is 0 Å². The van der Waals surface area contributed by atoms with Crippen LogP contribution in [0.3, 0.4) is 0 Å².